The van der Waals surface area contributed by atoms with E-state index < -0.39 is 41.7 Å². The molecule has 5 fully saturated rings. The number of rotatable bonds is 3. The van der Waals surface area contributed by atoms with Crippen molar-refractivity contribution >= 4 is 5.97 Å². The van der Waals surface area contributed by atoms with Gasteiger partial charge in [-0.2, -0.15) is 0 Å². The van der Waals surface area contributed by atoms with Gasteiger partial charge in [-0.15, -0.1) is 0 Å². The van der Waals surface area contributed by atoms with Crippen LogP contribution in [-0.4, -0.2) is 75.4 Å². The van der Waals surface area contributed by atoms with Gasteiger partial charge in [-0.1, -0.05) is 13.8 Å². The van der Waals surface area contributed by atoms with Crippen molar-refractivity contribution in [2.24, 2.45) is 34.5 Å². The first-order valence-corrected chi connectivity index (χ1v) is 14.4. The molecule has 0 spiro atoms. The summed E-state index contributed by atoms with van der Waals surface area (Å²) < 4.78 is 17.4. The predicted octanol–water partition coefficient (Wildman–Crippen LogP) is 2.46. The molecule has 13 atom stereocenters. The minimum absolute atomic E-state index is 0.0149. The van der Waals surface area contributed by atoms with Crippen molar-refractivity contribution in [3.05, 3.63) is 11.6 Å². The van der Waals surface area contributed by atoms with Gasteiger partial charge in [0.1, 0.15) is 12.7 Å². The van der Waals surface area contributed by atoms with Crippen molar-refractivity contribution in [2.45, 2.75) is 121 Å². The minimum Gasteiger partial charge on any atom is -0.458 e. The van der Waals surface area contributed by atoms with Crippen LogP contribution in [-0.2, 0) is 19.0 Å². The zero-order chi connectivity index (χ0) is 26.3. The van der Waals surface area contributed by atoms with Gasteiger partial charge < -0.3 is 34.6 Å². The Hall–Kier alpha value is -1.03. The molecule has 208 valence electrons. The van der Waals surface area contributed by atoms with E-state index in [0.29, 0.717) is 18.8 Å². The third-order valence-electron chi connectivity index (χ3n) is 12.0. The van der Waals surface area contributed by atoms with Crippen molar-refractivity contribution in [1.82, 2.24) is 0 Å². The summed E-state index contributed by atoms with van der Waals surface area (Å²) in [6, 6.07) is 0. The van der Waals surface area contributed by atoms with Gasteiger partial charge in [-0.25, -0.2) is 4.79 Å². The first-order valence-electron chi connectivity index (χ1n) is 14.4. The Labute approximate surface area is 219 Å². The summed E-state index contributed by atoms with van der Waals surface area (Å²) in [6.07, 6.45) is 5.37. The zero-order valence-electron chi connectivity index (χ0n) is 22.3. The summed E-state index contributed by atoms with van der Waals surface area (Å²) >= 11 is 0. The van der Waals surface area contributed by atoms with Crippen LogP contribution < -0.4 is 0 Å². The van der Waals surface area contributed by atoms with Crippen LogP contribution in [0.1, 0.15) is 78.6 Å². The van der Waals surface area contributed by atoms with E-state index in [1.54, 1.807) is 13.0 Å². The minimum atomic E-state index is -0.961. The van der Waals surface area contributed by atoms with E-state index in [2.05, 4.69) is 6.92 Å². The van der Waals surface area contributed by atoms with Crippen LogP contribution in [0.15, 0.2) is 11.6 Å². The topological polar surface area (TPSA) is 126 Å². The van der Waals surface area contributed by atoms with E-state index in [4.69, 9.17) is 14.2 Å². The van der Waals surface area contributed by atoms with E-state index >= 15 is 0 Å². The molecule has 0 radical (unpaired) electrons. The number of aliphatic hydroxyl groups excluding tert-OH is 3. The SMILES string of the molecule is CC1OC(OC2CC[C@@]3(C)C(CCC4C3CC(O)[C@]3(C)C(C5=CC(=O)OC5)CC[C@]43O)C2)CC(O)C1O. The zero-order valence-corrected chi connectivity index (χ0v) is 22.3. The molecule has 8 heteroatoms. The van der Waals surface area contributed by atoms with E-state index in [9.17, 15) is 25.2 Å². The summed E-state index contributed by atoms with van der Waals surface area (Å²) in [4.78, 5) is 11.8. The van der Waals surface area contributed by atoms with Gasteiger partial charge >= 0.3 is 5.97 Å². The van der Waals surface area contributed by atoms with Crippen LogP contribution in [0.4, 0.5) is 0 Å². The largest absolute Gasteiger partial charge is 0.458 e. The average Bonchev–Trinajstić information content (AvgIpc) is 3.39. The highest BCUT2D eigenvalue weighted by Crippen LogP contribution is 2.70. The van der Waals surface area contributed by atoms with Crippen molar-refractivity contribution in [2.75, 3.05) is 6.61 Å². The predicted molar refractivity (Wildman–Crippen MR) is 133 cm³/mol. The molecular weight excluding hydrogens is 476 g/mol. The maximum absolute atomic E-state index is 12.4. The number of hydrogen-bond acceptors (Lipinski definition) is 8. The molecule has 4 saturated carbocycles. The highest BCUT2D eigenvalue weighted by atomic mass is 16.7. The lowest BCUT2D eigenvalue weighted by Gasteiger charge is -2.65. The molecule has 10 unspecified atom stereocenters. The summed E-state index contributed by atoms with van der Waals surface area (Å²) in [6.45, 7) is 6.44. The second-order valence-corrected chi connectivity index (χ2v) is 13.5. The Kier molecular flexibility index (Phi) is 6.37. The summed E-state index contributed by atoms with van der Waals surface area (Å²) in [5.74, 6) is 0.439. The highest BCUT2D eigenvalue weighted by Gasteiger charge is 2.70. The molecule has 6 aliphatic rings. The van der Waals surface area contributed by atoms with Crippen molar-refractivity contribution in [3.63, 3.8) is 0 Å². The Bertz CT molecular complexity index is 940. The number of ether oxygens (including phenoxy) is 3. The molecule has 8 nitrogen and oxygen atoms in total. The molecule has 0 aromatic rings. The molecular formula is C29H44O8. The number of carbonyl (C=O) groups excluding carboxylic acids is 1. The molecule has 2 heterocycles. The first-order chi connectivity index (χ1) is 17.5. The quantitative estimate of drug-likeness (QED) is 0.330. The van der Waals surface area contributed by atoms with Crippen LogP contribution in [0.3, 0.4) is 0 Å². The summed E-state index contributed by atoms with van der Waals surface area (Å²) in [7, 11) is 0. The number of fused-ring (bicyclic) bond motifs is 5. The maximum atomic E-state index is 12.4. The standard InChI is InChI=1S/C29H44O8/c1-15-26(33)22(30)13-25(36-15)37-18-6-8-27(2)17(11-18)4-5-20-21(27)12-23(31)28(3)19(7-9-29(20,28)34)16-10-24(32)35-14-16/h10,15,17-23,25-26,30-31,33-34H,4-9,11-14H2,1-3H3/t15?,17?,18?,19?,20?,21?,22?,23?,25?,26?,27-,28-,29-/m0/s1. The fourth-order valence-electron chi connectivity index (χ4n) is 9.80. The van der Waals surface area contributed by atoms with Crippen LogP contribution in [0.25, 0.3) is 0 Å². The third kappa shape index (κ3) is 3.80. The molecule has 0 amide bonds. The lowest BCUT2D eigenvalue weighted by Crippen LogP contribution is -2.67. The maximum Gasteiger partial charge on any atom is 0.331 e. The van der Waals surface area contributed by atoms with Crippen molar-refractivity contribution in [3.8, 4) is 0 Å². The number of esters is 1. The van der Waals surface area contributed by atoms with Gasteiger partial charge in [0.2, 0.25) is 0 Å². The Morgan fingerprint density at radius 3 is 2.49 bits per heavy atom. The molecule has 4 aliphatic carbocycles. The Morgan fingerprint density at radius 1 is 1.00 bits per heavy atom. The lowest BCUT2D eigenvalue weighted by molar-refractivity contribution is -0.274. The fourth-order valence-corrected chi connectivity index (χ4v) is 9.80. The molecule has 37 heavy (non-hydrogen) atoms. The summed E-state index contributed by atoms with van der Waals surface area (Å²) in [5, 5.41) is 44.2. The molecule has 0 bridgehead atoms. The van der Waals surface area contributed by atoms with Gasteiger partial charge in [0, 0.05) is 17.9 Å². The Balaban J connectivity index is 1.18. The van der Waals surface area contributed by atoms with Gasteiger partial charge in [0.05, 0.1) is 30.0 Å². The smallest absolute Gasteiger partial charge is 0.331 e. The molecule has 1 saturated heterocycles. The van der Waals surface area contributed by atoms with E-state index in [0.717, 1.165) is 44.1 Å². The van der Waals surface area contributed by atoms with E-state index in [-0.39, 0.29) is 48.3 Å². The van der Waals surface area contributed by atoms with Gasteiger partial charge in [-0.05, 0) is 93.0 Å². The normalized spacial score (nSPS) is 55.6. The highest BCUT2D eigenvalue weighted by molar-refractivity contribution is 5.85. The third-order valence-corrected chi connectivity index (χ3v) is 12.0. The average molecular weight is 521 g/mol. The molecule has 4 N–H and O–H groups in total. The number of cyclic esters (lactones) is 1. The van der Waals surface area contributed by atoms with E-state index in [1.807, 2.05) is 6.92 Å². The number of hydrogen-bond donors (Lipinski definition) is 4. The van der Waals surface area contributed by atoms with Crippen molar-refractivity contribution in [1.29, 1.82) is 0 Å². The Morgan fingerprint density at radius 2 is 1.78 bits per heavy atom. The van der Waals surface area contributed by atoms with Crippen molar-refractivity contribution < 1.29 is 39.4 Å². The van der Waals surface area contributed by atoms with Gasteiger partial charge in [0.15, 0.2) is 6.29 Å². The van der Waals surface area contributed by atoms with Crippen LogP contribution >= 0.6 is 0 Å². The number of carbonyl (C=O) groups is 1. The monoisotopic (exact) mass is 520 g/mol. The lowest BCUT2D eigenvalue weighted by atomic mass is 9.42. The van der Waals surface area contributed by atoms with Crippen LogP contribution in [0.2, 0.25) is 0 Å². The van der Waals surface area contributed by atoms with Crippen LogP contribution in [0, 0.1) is 34.5 Å². The summed E-state index contributed by atoms with van der Waals surface area (Å²) in [5.41, 5.74) is -0.703. The molecule has 6 rings (SSSR count). The second kappa shape index (κ2) is 9.00. The second-order valence-electron chi connectivity index (χ2n) is 13.5. The van der Waals surface area contributed by atoms with Gasteiger partial charge in [-0.3, -0.25) is 0 Å². The number of aliphatic hydroxyl groups is 4. The fraction of sp³-hybridized carbons (Fsp3) is 0.897. The van der Waals surface area contributed by atoms with Crippen LogP contribution in [0.5, 0.6) is 0 Å². The first kappa shape index (κ1) is 26.2. The molecule has 0 aromatic heterocycles. The molecule has 2 aliphatic heterocycles. The molecule has 0 aromatic carbocycles. The van der Waals surface area contributed by atoms with E-state index in [1.165, 1.54) is 0 Å². The van der Waals surface area contributed by atoms with Gasteiger partial charge in [0.25, 0.3) is 0 Å².